The van der Waals surface area contributed by atoms with E-state index in [1.165, 1.54) is 11.4 Å². The molecule has 1 N–H and O–H groups in total. The highest BCUT2D eigenvalue weighted by Crippen LogP contribution is 2.17. The van der Waals surface area contributed by atoms with Crippen LogP contribution >= 0.6 is 15.9 Å². The predicted molar refractivity (Wildman–Crippen MR) is 133 cm³/mol. The summed E-state index contributed by atoms with van der Waals surface area (Å²) in [5.41, 5.74) is 0.908. The highest BCUT2D eigenvalue weighted by molar-refractivity contribution is 9.10. The van der Waals surface area contributed by atoms with Gasteiger partial charge in [-0.2, -0.15) is 0 Å². The summed E-state index contributed by atoms with van der Waals surface area (Å²) in [7, 11) is -2.10. The van der Waals surface area contributed by atoms with E-state index in [1.54, 1.807) is 42.2 Å². The standard InChI is InChI=1S/C24H32BrN3O4S/c1-4-16-26-24(30)19(2)28(18-20-12-14-21(25)15-13-20)23(29)11-8-17-27(3)33(31,32)22-9-6-5-7-10-22/h5-7,9-10,12-15,19H,4,8,11,16-18H2,1-3H3,(H,26,30)/t19-/m0/s1. The summed E-state index contributed by atoms with van der Waals surface area (Å²) < 4.78 is 27.6. The van der Waals surface area contributed by atoms with E-state index in [0.717, 1.165) is 16.5 Å². The van der Waals surface area contributed by atoms with Gasteiger partial charge in [-0.3, -0.25) is 9.59 Å². The molecule has 0 heterocycles. The van der Waals surface area contributed by atoms with Crippen molar-refractivity contribution in [3.63, 3.8) is 0 Å². The first-order chi connectivity index (χ1) is 15.7. The van der Waals surface area contributed by atoms with E-state index in [4.69, 9.17) is 0 Å². The van der Waals surface area contributed by atoms with E-state index < -0.39 is 16.1 Å². The van der Waals surface area contributed by atoms with Gasteiger partial charge in [0.25, 0.3) is 0 Å². The van der Waals surface area contributed by atoms with E-state index >= 15 is 0 Å². The van der Waals surface area contributed by atoms with Crippen LogP contribution in [-0.4, -0.2) is 55.6 Å². The number of rotatable bonds is 12. The Bertz CT molecular complexity index is 1010. The number of halogens is 1. The first kappa shape index (κ1) is 27.0. The van der Waals surface area contributed by atoms with Crippen LogP contribution < -0.4 is 5.32 Å². The van der Waals surface area contributed by atoms with E-state index in [-0.39, 0.29) is 29.7 Å². The third kappa shape index (κ3) is 7.94. The van der Waals surface area contributed by atoms with Crippen molar-refractivity contribution >= 4 is 37.8 Å². The first-order valence-corrected chi connectivity index (χ1v) is 13.2. The molecule has 0 spiro atoms. The van der Waals surface area contributed by atoms with Crippen molar-refractivity contribution in [3.05, 3.63) is 64.6 Å². The van der Waals surface area contributed by atoms with Crippen LogP contribution in [0.1, 0.15) is 38.7 Å². The Hall–Kier alpha value is -2.23. The van der Waals surface area contributed by atoms with Crippen molar-refractivity contribution in [2.75, 3.05) is 20.1 Å². The molecule has 0 aromatic heterocycles. The molecule has 9 heteroatoms. The Morgan fingerprint density at radius 2 is 1.70 bits per heavy atom. The molecule has 2 aromatic rings. The van der Waals surface area contributed by atoms with Crippen LogP contribution in [0.3, 0.4) is 0 Å². The summed E-state index contributed by atoms with van der Waals surface area (Å²) in [5.74, 6) is -0.395. The third-order valence-corrected chi connectivity index (χ3v) is 7.70. The van der Waals surface area contributed by atoms with Crippen LogP contribution in [0.25, 0.3) is 0 Å². The largest absolute Gasteiger partial charge is 0.354 e. The second kappa shape index (κ2) is 12.9. The minimum atomic E-state index is -3.61. The smallest absolute Gasteiger partial charge is 0.242 e. The molecule has 7 nitrogen and oxygen atoms in total. The number of sulfonamides is 1. The number of amides is 2. The molecular formula is C24H32BrN3O4S. The lowest BCUT2D eigenvalue weighted by Crippen LogP contribution is -2.47. The van der Waals surface area contributed by atoms with Crippen LogP contribution in [0.5, 0.6) is 0 Å². The molecule has 2 amide bonds. The van der Waals surface area contributed by atoms with Crippen LogP contribution in [-0.2, 0) is 26.2 Å². The molecule has 0 aliphatic rings. The van der Waals surface area contributed by atoms with Gasteiger partial charge in [-0.25, -0.2) is 12.7 Å². The zero-order chi connectivity index (χ0) is 24.4. The fourth-order valence-electron chi connectivity index (χ4n) is 3.25. The highest BCUT2D eigenvalue weighted by atomic mass is 79.9. The van der Waals surface area contributed by atoms with Gasteiger partial charge in [-0.1, -0.05) is 53.2 Å². The molecule has 0 saturated heterocycles. The zero-order valence-electron chi connectivity index (χ0n) is 19.3. The lowest BCUT2D eigenvalue weighted by molar-refractivity contribution is -0.140. The minimum Gasteiger partial charge on any atom is -0.354 e. The number of hydrogen-bond donors (Lipinski definition) is 1. The van der Waals surface area contributed by atoms with E-state index in [1.807, 2.05) is 31.2 Å². The van der Waals surface area contributed by atoms with Crippen molar-refractivity contribution in [2.24, 2.45) is 0 Å². The number of nitrogens with zero attached hydrogens (tertiary/aromatic N) is 2. The van der Waals surface area contributed by atoms with Gasteiger partial charge in [0.05, 0.1) is 4.90 Å². The number of hydrogen-bond acceptors (Lipinski definition) is 4. The van der Waals surface area contributed by atoms with Gasteiger partial charge < -0.3 is 10.2 Å². The normalized spacial score (nSPS) is 12.4. The average Bonchev–Trinajstić information content (AvgIpc) is 2.82. The van der Waals surface area contributed by atoms with Crippen molar-refractivity contribution < 1.29 is 18.0 Å². The number of carbonyl (C=O) groups excluding carboxylic acids is 2. The molecule has 1 atom stereocenters. The van der Waals surface area contributed by atoms with Crippen LogP contribution in [0.2, 0.25) is 0 Å². The van der Waals surface area contributed by atoms with Crippen molar-refractivity contribution in [1.29, 1.82) is 0 Å². The molecular weight excluding hydrogens is 506 g/mol. The molecule has 2 aromatic carbocycles. The van der Waals surface area contributed by atoms with Gasteiger partial charge in [0.2, 0.25) is 21.8 Å². The van der Waals surface area contributed by atoms with Gasteiger partial charge in [-0.15, -0.1) is 0 Å². The van der Waals surface area contributed by atoms with Gasteiger partial charge >= 0.3 is 0 Å². The van der Waals surface area contributed by atoms with Gasteiger partial charge in [-0.05, 0) is 49.6 Å². The minimum absolute atomic E-state index is 0.135. The van der Waals surface area contributed by atoms with Crippen LogP contribution in [0, 0.1) is 0 Å². The Balaban J connectivity index is 2.05. The maximum atomic E-state index is 13.1. The molecule has 180 valence electrons. The number of benzene rings is 2. The summed E-state index contributed by atoms with van der Waals surface area (Å²) >= 11 is 3.40. The first-order valence-electron chi connectivity index (χ1n) is 11.0. The fourth-order valence-corrected chi connectivity index (χ4v) is 4.75. The molecule has 0 radical (unpaired) electrons. The van der Waals surface area contributed by atoms with Gasteiger partial charge in [0, 0.05) is 37.6 Å². The fraction of sp³-hybridized carbons (Fsp3) is 0.417. The second-order valence-corrected chi connectivity index (χ2v) is 10.8. The van der Waals surface area contributed by atoms with Crippen molar-refractivity contribution in [2.45, 2.75) is 50.6 Å². The maximum absolute atomic E-state index is 13.1. The van der Waals surface area contributed by atoms with Crippen LogP contribution in [0.15, 0.2) is 64.0 Å². The van der Waals surface area contributed by atoms with Gasteiger partial charge in [0.1, 0.15) is 6.04 Å². The molecule has 0 unspecified atom stereocenters. The van der Waals surface area contributed by atoms with E-state index in [2.05, 4.69) is 21.2 Å². The Morgan fingerprint density at radius 1 is 1.06 bits per heavy atom. The molecule has 0 saturated carbocycles. The molecule has 33 heavy (non-hydrogen) atoms. The molecule has 0 fully saturated rings. The van der Waals surface area contributed by atoms with Gasteiger partial charge in [0.15, 0.2) is 0 Å². The van der Waals surface area contributed by atoms with E-state index in [9.17, 15) is 18.0 Å². The lowest BCUT2D eigenvalue weighted by Gasteiger charge is -2.29. The predicted octanol–water partition coefficient (Wildman–Crippen LogP) is 3.79. The number of carbonyl (C=O) groups is 2. The summed E-state index contributed by atoms with van der Waals surface area (Å²) in [4.78, 5) is 27.4. The summed E-state index contributed by atoms with van der Waals surface area (Å²) in [6.07, 6.45) is 1.29. The summed E-state index contributed by atoms with van der Waals surface area (Å²) in [5, 5.41) is 2.85. The topological polar surface area (TPSA) is 86.8 Å². The monoisotopic (exact) mass is 537 g/mol. The summed E-state index contributed by atoms with van der Waals surface area (Å²) in [6.45, 7) is 4.73. The molecule has 0 bridgehead atoms. The van der Waals surface area contributed by atoms with Crippen LogP contribution in [0.4, 0.5) is 0 Å². The quantitative estimate of drug-likeness (QED) is 0.446. The van der Waals surface area contributed by atoms with Crippen molar-refractivity contribution in [3.8, 4) is 0 Å². The Morgan fingerprint density at radius 3 is 2.30 bits per heavy atom. The SMILES string of the molecule is CCCNC(=O)[C@H](C)N(Cc1ccc(Br)cc1)C(=O)CCCN(C)S(=O)(=O)c1ccccc1. The van der Waals surface area contributed by atoms with E-state index in [0.29, 0.717) is 19.5 Å². The highest BCUT2D eigenvalue weighted by Gasteiger charge is 2.26. The average molecular weight is 539 g/mol. The molecule has 0 aliphatic carbocycles. The Kier molecular flexibility index (Phi) is 10.5. The maximum Gasteiger partial charge on any atom is 0.242 e. The Labute approximate surface area is 205 Å². The lowest BCUT2D eigenvalue weighted by atomic mass is 10.1. The summed E-state index contributed by atoms with van der Waals surface area (Å²) in [6, 6.07) is 15.2. The number of nitrogens with one attached hydrogen (secondary N) is 1. The molecule has 2 rings (SSSR count). The zero-order valence-corrected chi connectivity index (χ0v) is 21.7. The third-order valence-electron chi connectivity index (χ3n) is 5.30. The second-order valence-electron chi connectivity index (χ2n) is 7.86. The molecule has 0 aliphatic heterocycles. The van der Waals surface area contributed by atoms with Crippen molar-refractivity contribution in [1.82, 2.24) is 14.5 Å².